The molecule has 2 N–H and O–H groups in total. The molecule has 1 saturated heterocycles. The highest BCUT2D eigenvalue weighted by molar-refractivity contribution is 6.33. The molecule has 0 saturated carbocycles. The van der Waals surface area contributed by atoms with Crippen molar-refractivity contribution in [3.63, 3.8) is 0 Å². The van der Waals surface area contributed by atoms with Crippen molar-refractivity contribution >= 4 is 35.2 Å². The molecule has 1 aromatic rings. The maximum absolute atomic E-state index is 11.9. The summed E-state index contributed by atoms with van der Waals surface area (Å²) in [7, 11) is 0. The lowest BCUT2D eigenvalue weighted by Crippen LogP contribution is -2.42. The molecular weight excluding hydrogens is 354 g/mol. The van der Waals surface area contributed by atoms with E-state index in [0.29, 0.717) is 0 Å². The Morgan fingerprint density at radius 1 is 1.32 bits per heavy atom. The van der Waals surface area contributed by atoms with Gasteiger partial charge in [-0.2, -0.15) is 0 Å². The fourth-order valence-corrected chi connectivity index (χ4v) is 2.25. The van der Waals surface area contributed by atoms with Crippen molar-refractivity contribution in [1.82, 2.24) is 0 Å². The standard InChI is InChI=1S/C16H16ClNO7/c1-4-23-12-6-11(10(17)5-8(12)13(19)20)18-7-9-14(21)24-16(2,3)25-15(9)22/h5-7,18H,4H2,1-3H3,(H,19,20). The van der Waals surface area contributed by atoms with Gasteiger partial charge in [0.2, 0.25) is 0 Å². The van der Waals surface area contributed by atoms with Crippen LogP contribution in [0.15, 0.2) is 23.9 Å². The number of esters is 2. The largest absolute Gasteiger partial charge is 0.493 e. The minimum atomic E-state index is -1.34. The third-order valence-corrected chi connectivity index (χ3v) is 3.40. The number of carboxylic acids is 1. The lowest BCUT2D eigenvalue weighted by molar-refractivity contribution is -0.222. The van der Waals surface area contributed by atoms with Crippen molar-refractivity contribution in [2.24, 2.45) is 0 Å². The first-order chi connectivity index (χ1) is 11.6. The number of aromatic carboxylic acids is 1. The second-order valence-electron chi connectivity index (χ2n) is 5.45. The van der Waals surface area contributed by atoms with E-state index in [-0.39, 0.29) is 34.2 Å². The average Bonchev–Trinajstić information content (AvgIpc) is 2.47. The SMILES string of the molecule is CCOc1cc(NC=C2C(=O)OC(C)(C)OC2=O)c(Cl)cc1C(=O)O. The molecule has 0 aromatic heterocycles. The van der Waals surface area contributed by atoms with Gasteiger partial charge in [0, 0.05) is 26.1 Å². The maximum atomic E-state index is 11.9. The summed E-state index contributed by atoms with van der Waals surface area (Å²) in [5, 5.41) is 11.9. The van der Waals surface area contributed by atoms with Crippen LogP contribution < -0.4 is 10.1 Å². The number of nitrogens with one attached hydrogen (secondary N) is 1. The fourth-order valence-electron chi connectivity index (χ4n) is 2.03. The van der Waals surface area contributed by atoms with Gasteiger partial charge in [0.25, 0.3) is 5.79 Å². The Kier molecular flexibility index (Phi) is 5.22. The number of hydrogen-bond acceptors (Lipinski definition) is 7. The van der Waals surface area contributed by atoms with Gasteiger partial charge in [-0.25, -0.2) is 14.4 Å². The molecule has 0 unspecified atom stereocenters. The zero-order valence-electron chi connectivity index (χ0n) is 13.7. The zero-order valence-corrected chi connectivity index (χ0v) is 14.5. The quantitative estimate of drug-likeness (QED) is 0.462. The average molecular weight is 370 g/mol. The molecule has 1 fully saturated rings. The molecule has 1 aliphatic rings. The van der Waals surface area contributed by atoms with Gasteiger partial charge in [0.15, 0.2) is 5.57 Å². The summed E-state index contributed by atoms with van der Waals surface area (Å²) < 4.78 is 15.2. The summed E-state index contributed by atoms with van der Waals surface area (Å²) >= 11 is 6.04. The van der Waals surface area contributed by atoms with E-state index in [1.165, 1.54) is 26.0 Å². The monoisotopic (exact) mass is 369 g/mol. The Hall–Kier alpha value is -2.74. The van der Waals surface area contributed by atoms with Gasteiger partial charge in [-0.3, -0.25) is 0 Å². The number of carbonyl (C=O) groups excluding carboxylic acids is 2. The number of rotatable bonds is 5. The number of carbonyl (C=O) groups is 3. The van der Waals surface area contributed by atoms with Crippen molar-refractivity contribution in [3.8, 4) is 5.75 Å². The van der Waals surface area contributed by atoms with Gasteiger partial charge in [0.05, 0.1) is 17.3 Å². The third kappa shape index (κ3) is 4.21. The molecule has 8 nitrogen and oxygen atoms in total. The molecular formula is C16H16ClNO7. The van der Waals surface area contributed by atoms with E-state index in [4.69, 9.17) is 30.9 Å². The Morgan fingerprint density at radius 2 is 1.92 bits per heavy atom. The molecule has 1 heterocycles. The molecule has 0 spiro atoms. The summed E-state index contributed by atoms with van der Waals surface area (Å²) in [6.07, 6.45) is 1.08. The van der Waals surface area contributed by atoms with Crippen molar-refractivity contribution < 1.29 is 33.7 Å². The van der Waals surface area contributed by atoms with Crippen LogP contribution in [0.5, 0.6) is 5.75 Å². The first-order valence-electron chi connectivity index (χ1n) is 7.27. The molecule has 1 aliphatic heterocycles. The molecule has 0 aliphatic carbocycles. The second kappa shape index (κ2) is 7.02. The first kappa shape index (κ1) is 18.6. The molecule has 0 amide bonds. The molecule has 2 rings (SSSR count). The van der Waals surface area contributed by atoms with Crippen LogP contribution in [0.1, 0.15) is 31.1 Å². The predicted molar refractivity (Wildman–Crippen MR) is 87.5 cm³/mol. The van der Waals surface area contributed by atoms with Crippen LogP contribution in [0, 0.1) is 0 Å². The topological polar surface area (TPSA) is 111 Å². The highest BCUT2D eigenvalue weighted by Crippen LogP contribution is 2.32. The number of cyclic esters (lactones) is 2. The van der Waals surface area contributed by atoms with E-state index >= 15 is 0 Å². The number of ether oxygens (including phenoxy) is 3. The fraction of sp³-hybridized carbons (Fsp3) is 0.312. The Morgan fingerprint density at radius 3 is 2.44 bits per heavy atom. The van der Waals surface area contributed by atoms with Gasteiger partial charge in [0.1, 0.15) is 11.3 Å². The van der Waals surface area contributed by atoms with E-state index in [9.17, 15) is 14.4 Å². The van der Waals surface area contributed by atoms with Crippen LogP contribution in [-0.4, -0.2) is 35.4 Å². The molecule has 0 radical (unpaired) electrons. The molecule has 9 heteroatoms. The van der Waals surface area contributed by atoms with Crippen molar-refractivity contribution in [3.05, 3.63) is 34.5 Å². The van der Waals surface area contributed by atoms with E-state index in [0.717, 1.165) is 6.20 Å². The van der Waals surface area contributed by atoms with Gasteiger partial charge >= 0.3 is 17.9 Å². The maximum Gasteiger partial charge on any atom is 0.350 e. The van der Waals surface area contributed by atoms with Crippen LogP contribution in [0.2, 0.25) is 5.02 Å². The lowest BCUT2D eigenvalue weighted by atomic mass is 10.1. The number of carboxylic acid groups (broad SMARTS) is 1. The number of benzene rings is 1. The second-order valence-corrected chi connectivity index (χ2v) is 5.85. The van der Waals surface area contributed by atoms with Crippen LogP contribution in [0.3, 0.4) is 0 Å². The summed E-state index contributed by atoms with van der Waals surface area (Å²) in [5.41, 5.74) is -0.216. The van der Waals surface area contributed by atoms with E-state index in [1.807, 2.05) is 0 Å². The number of anilines is 1. The van der Waals surface area contributed by atoms with E-state index in [1.54, 1.807) is 6.92 Å². The first-order valence-corrected chi connectivity index (χ1v) is 7.65. The van der Waals surface area contributed by atoms with Gasteiger partial charge < -0.3 is 24.6 Å². The Balaban J connectivity index is 2.31. The Bertz CT molecular complexity index is 748. The number of halogens is 1. The summed E-state index contributed by atoms with van der Waals surface area (Å²) in [4.78, 5) is 35.0. The van der Waals surface area contributed by atoms with Crippen LogP contribution >= 0.6 is 11.6 Å². The van der Waals surface area contributed by atoms with Crippen LogP contribution in [0.25, 0.3) is 0 Å². The van der Waals surface area contributed by atoms with E-state index in [2.05, 4.69) is 5.32 Å². The smallest absolute Gasteiger partial charge is 0.350 e. The Labute approximate surface area is 148 Å². The summed E-state index contributed by atoms with van der Waals surface area (Å²) in [5.74, 6) is -4.14. The molecule has 134 valence electrons. The van der Waals surface area contributed by atoms with Gasteiger partial charge in [-0.1, -0.05) is 11.6 Å². The number of hydrogen-bond donors (Lipinski definition) is 2. The van der Waals surface area contributed by atoms with Crippen LogP contribution in [-0.2, 0) is 19.1 Å². The minimum Gasteiger partial charge on any atom is -0.493 e. The van der Waals surface area contributed by atoms with Gasteiger partial charge in [-0.05, 0) is 13.0 Å². The third-order valence-electron chi connectivity index (χ3n) is 3.09. The van der Waals surface area contributed by atoms with Crippen LogP contribution in [0.4, 0.5) is 5.69 Å². The summed E-state index contributed by atoms with van der Waals surface area (Å²) in [6, 6.07) is 2.56. The highest BCUT2D eigenvalue weighted by atomic mass is 35.5. The van der Waals surface area contributed by atoms with Crippen molar-refractivity contribution in [2.45, 2.75) is 26.6 Å². The normalized spacial score (nSPS) is 15.9. The van der Waals surface area contributed by atoms with E-state index < -0.39 is 23.7 Å². The lowest BCUT2D eigenvalue weighted by Gasteiger charge is -2.29. The molecule has 0 bridgehead atoms. The van der Waals surface area contributed by atoms with Gasteiger partial charge in [-0.15, -0.1) is 0 Å². The molecule has 1 aromatic carbocycles. The molecule has 0 atom stereocenters. The predicted octanol–water partition coefficient (Wildman–Crippen LogP) is 2.57. The molecule has 25 heavy (non-hydrogen) atoms. The zero-order chi connectivity index (χ0) is 18.8. The highest BCUT2D eigenvalue weighted by Gasteiger charge is 2.39. The summed E-state index contributed by atoms with van der Waals surface area (Å²) in [6.45, 7) is 4.81. The van der Waals surface area contributed by atoms with Crippen molar-refractivity contribution in [1.29, 1.82) is 0 Å². The minimum absolute atomic E-state index is 0.0653. The van der Waals surface area contributed by atoms with Crippen molar-refractivity contribution in [2.75, 3.05) is 11.9 Å².